The van der Waals surface area contributed by atoms with Crippen LogP contribution in [0.3, 0.4) is 0 Å². The number of aryl methyl sites for hydroxylation is 1. The largest absolute Gasteiger partial charge is 0.478 e. The van der Waals surface area contributed by atoms with Crippen LogP contribution in [0.1, 0.15) is 12.5 Å². The van der Waals surface area contributed by atoms with E-state index >= 15 is 0 Å². The van der Waals surface area contributed by atoms with Crippen molar-refractivity contribution in [1.82, 2.24) is 4.98 Å². The number of hydrogen-bond donors (Lipinski definition) is 1. The Morgan fingerprint density at radius 2 is 1.86 bits per heavy atom. The maximum atomic E-state index is 13.7. The molecule has 0 fully saturated rings. The number of hydrogen-bond acceptors (Lipinski definition) is 4. The van der Waals surface area contributed by atoms with Gasteiger partial charge >= 0.3 is 0 Å². The first-order chi connectivity index (χ1) is 14.0. The van der Waals surface area contributed by atoms with Gasteiger partial charge in [0, 0.05) is 11.3 Å². The van der Waals surface area contributed by atoms with Crippen molar-refractivity contribution in [2.24, 2.45) is 0 Å². The summed E-state index contributed by atoms with van der Waals surface area (Å²) in [6.45, 7) is 3.65. The Morgan fingerprint density at radius 3 is 2.62 bits per heavy atom. The first kappa shape index (κ1) is 19.1. The SMILES string of the molecule is Cc1ccc2nc(-c3ccc(NC(=O)C(C)Oc4ccccc4F)cc3)sc2c1. The molecule has 0 saturated heterocycles. The van der Waals surface area contributed by atoms with Crippen LogP contribution >= 0.6 is 11.3 Å². The second-order valence-corrected chi connectivity index (χ2v) is 7.78. The molecule has 0 aliphatic carbocycles. The zero-order chi connectivity index (χ0) is 20.4. The summed E-state index contributed by atoms with van der Waals surface area (Å²) in [6.07, 6.45) is -0.834. The molecule has 0 spiro atoms. The second kappa shape index (κ2) is 8.01. The summed E-state index contributed by atoms with van der Waals surface area (Å²) in [6, 6.07) is 19.7. The molecule has 1 aromatic heterocycles. The van der Waals surface area contributed by atoms with Crippen molar-refractivity contribution < 1.29 is 13.9 Å². The smallest absolute Gasteiger partial charge is 0.265 e. The fourth-order valence-electron chi connectivity index (χ4n) is 2.88. The van der Waals surface area contributed by atoms with Crippen molar-refractivity contribution in [3.63, 3.8) is 0 Å². The Bertz CT molecular complexity index is 1170. The number of amides is 1. The van der Waals surface area contributed by atoms with Crippen molar-refractivity contribution in [2.45, 2.75) is 20.0 Å². The van der Waals surface area contributed by atoms with Crippen molar-refractivity contribution in [2.75, 3.05) is 5.32 Å². The molecule has 1 N–H and O–H groups in total. The van der Waals surface area contributed by atoms with Crippen LogP contribution in [0.25, 0.3) is 20.8 Å². The molecule has 146 valence electrons. The zero-order valence-corrected chi connectivity index (χ0v) is 16.8. The molecule has 0 radical (unpaired) electrons. The molecule has 0 aliphatic heterocycles. The third kappa shape index (κ3) is 4.27. The lowest BCUT2D eigenvalue weighted by molar-refractivity contribution is -0.122. The van der Waals surface area contributed by atoms with Gasteiger partial charge in [0.1, 0.15) is 5.01 Å². The summed E-state index contributed by atoms with van der Waals surface area (Å²) in [5.41, 5.74) is 3.81. The molecule has 0 saturated carbocycles. The number of benzene rings is 3. The van der Waals surface area contributed by atoms with Gasteiger partial charge in [0.15, 0.2) is 17.7 Å². The highest BCUT2D eigenvalue weighted by Gasteiger charge is 2.17. The van der Waals surface area contributed by atoms with Gasteiger partial charge in [-0.25, -0.2) is 9.37 Å². The molecule has 1 atom stereocenters. The van der Waals surface area contributed by atoms with E-state index in [2.05, 4.69) is 29.4 Å². The summed E-state index contributed by atoms with van der Waals surface area (Å²) >= 11 is 1.64. The van der Waals surface area contributed by atoms with E-state index in [0.717, 1.165) is 20.8 Å². The standard InChI is InChI=1S/C23H19FN2O2S/c1-14-7-12-19-21(13-14)29-23(26-19)16-8-10-17(11-9-16)25-22(27)15(2)28-20-6-4-3-5-18(20)24/h3-13,15H,1-2H3,(H,25,27). The van der Waals surface area contributed by atoms with E-state index in [4.69, 9.17) is 4.74 Å². The minimum atomic E-state index is -0.834. The number of ether oxygens (including phenoxy) is 1. The number of nitrogens with one attached hydrogen (secondary N) is 1. The van der Waals surface area contributed by atoms with E-state index in [-0.39, 0.29) is 11.7 Å². The predicted molar refractivity (Wildman–Crippen MR) is 115 cm³/mol. The number of carbonyl (C=O) groups excluding carboxylic acids is 1. The van der Waals surface area contributed by atoms with Crippen molar-refractivity contribution in [1.29, 1.82) is 0 Å². The van der Waals surface area contributed by atoms with Gasteiger partial charge in [-0.05, 0) is 67.9 Å². The van der Waals surface area contributed by atoms with Gasteiger partial charge in [-0.2, -0.15) is 0 Å². The van der Waals surface area contributed by atoms with Crippen LogP contribution in [0.4, 0.5) is 10.1 Å². The average molecular weight is 406 g/mol. The van der Waals surface area contributed by atoms with Gasteiger partial charge in [0.25, 0.3) is 5.91 Å². The molecule has 4 rings (SSSR count). The maximum Gasteiger partial charge on any atom is 0.265 e. The number of thiazole rings is 1. The third-order valence-corrected chi connectivity index (χ3v) is 5.52. The van der Waals surface area contributed by atoms with E-state index in [1.165, 1.54) is 17.7 Å². The van der Waals surface area contributed by atoms with E-state index in [1.54, 1.807) is 30.4 Å². The Hall–Kier alpha value is -3.25. The van der Waals surface area contributed by atoms with Crippen molar-refractivity contribution in [3.05, 3.63) is 78.1 Å². The summed E-state index contributed by atoms with van der Waals surface area (Å²) in [5, 5.41) is 3.72. The topological polar surface area (TPSA) is 51.2 Å². The number of rotatable bonds is 5. The summed E-state index contributed by atoms with van der Waals surface area (Å²) in [7, 11) is 0. The van der Waals surface area contributed by atoms with Gasteiger partial charge in [0.05, 0.1) is 10.2 Å². The van der Waals surface area contributed by atoms with Crippen LogP contribution in [-0.2, 0) is 4.79 Å². The Morgan fingerprint density at radius 1 is 1.10 bits per heavy atom. The second-order valence-electron chi connectivity index (χ2n) is 6.75. The lowest BCUT2D eigenvalue weighted by Gasteiger charge is -2.15. The van der Waals surface area contributed by atoms with E-state index in [1.807, 2.05) is 30.3 Å². The number of nitrogens with zero attached hydrogens (tertiary/aromatic N) is 1. The average Bonchev–Trinajstić information content (AvgIpc) is 3.13. The van der Waals surface area contributed by atoms with Gasteiger partial charge in [-0.3, -0.25) is 4.79 Å². The number of fused-ring (bicyclic) bond motifs is 1. The maximum absolute atomic E-state index is 13.7. The molecular weight excluding hydrogens is 387 g/mol. The van der Waals surface area contributed by atoms with Gasteiger partial charge in [-0.15, -0.1) is 11.3 Å². The van der Waals surface area contributed by atoms with Crippen LogP contribution < -0.4 is 10.1 Å². The van der Waals surface area contributed by atoms with Gasteiger partial charge in [-0.1, -0.05) is 18.2 Å². The lowest BCUT2D eigenvalue weighted by Crippen LogP contribution is -2.30. The predicted octanol–water partition coefficient (Wildman–Crippen LogP) is 5.82. The molecule has 29 heavy (non-hydrogen) atoms. The van der Waals surface area contributed by atoms with E-state index in [9.17, 15) is 9.18 Å². The van der Waals surface area contributed by atoms with Gasteiger partial charge < -0.3 is 10.1 Å². The highest BCUT2D eigenvalue weighted by Crippen LogP contribution is 2.31. The Labute approximate surface area is 172 Å². The number of para-hydroxylation sites is 1. The van der Waals surface area contributed by atoms with E-state index in [0.29, 0.717) is 5.69 Å². The normalized spacial score (nSPS) is 12.0. The molecule has 1 unspecified atom stereocenters. The fourth-order valence-corrected chi connectivity index (χ4v) is 3.95. The third-order valence-electron chi connectivity index (χ3n) is 4.45. The summed E-state index contributed by atoms with van der Waals surface area (Å²) in [5.74, 6) is -0.796. The fraction of sp³-hybridized carbons (Fsp3) is 0.130. The van der Waals surface area contributed by atoms with Gasteiger partial charge in [0.2, 0.25) is 0 Å². The van der Waals surface area contributed by atoms with Crippen LogP contribution in [0.15, 0.2) is 66.7 Å². The number of carbonyl (C=O) groups is 1. The highest BCUT2D eigenvalue weighted by molar-refractivity contribution is 7.21. The molecule has 0 bridgehead atoms. The summed E-state index contributed by atoms with van der Waals surface area (Å²) in [4.78, 5) is 17.0. The minimum absolute atomic E-state index is 0.0524. The molecule has 0 aliphatic rings. The first-order valence-corrected chi connectivity index (χ1v) is 10.0. The van der Waals surface area contributed by atoms with Crippen molar-refractivity contribution in [3.8, 4) is 16.3 Å². The number of halogens is 1. The molecule has 1 heterocycles. The molecule has 6 heteroatoms. The highest BCUT2D eigenvalue weighted by atomic mass is 32.1. The molecular formula is C23H19FN2O2S. The molecule has 4 aromatic rings. The van der Waals surface area contributed by atoms with Crippen LogP contribution in [0.2, 0.25) is 0 Å². The first-order valence-electron chi connectivity index (χ1n) is 9.19. The molecule has 3 aromatic carbocycles. The van der Waals surface area contributed by atoms with Crippen molar-refractivity contribution >= 4 is 33.1 Å². The van der Waals surface area contributed by atoms with Crippen LogP contribution in [-0.4, -0.2) is 17.0 Å². The monoisotopic (exact) mass is 406 g/mol. The Balaban J connectivity index is 1.44. The lowest BCUT2D eigenvalue weighted by atomic mass is 10.2. The Kier molecular flexibility index (Phi) is 5.27. The molecule has 1 amide bonds. The summed E-state index contributed by atoms with van der Waals surface area (Å²) < 4.78 is 20.3. The number of anilines is 1. The van der Waals surface area contributed by atoms with Crippen LogP contribution in [0, 0.1) is 12.7 Å². The number of aromatic nitrogens is 1. The zero-order valence-electron chi connectivity index (χ0n) is 16.0. The van der Waals surface area contributed by atoms with E-state index < -0.39 is 11.9 Å². The van der Waals surface area contributed by atoms with Crippen LogP contribution in [0.5, 0.6) is 5.75 Å². The quantitative estimate of drug-likeness (QED) is 0.455. The minimum Gasteiger partial charge on any atom is -0.478 e. The molecule has 4 nitrogen and oxygen atoms in total.